The second kappa shape index (κ2) is 5.53. The Kier molecular flexibility index (Phi) is 4.00. The predicted octanol–water partition coefficient (Wildman–Crippen LogP) is 1.70. The maximum absolute atomic E-state index is 11.6. The lowest BCUT2D eigenvalue weighted by Crippen LogP contribution is -2.29. The molecule has 0 aromatic heterocycles. The molecule has 0 spiro atoms. The van der Waals surface area contributed by atoms with Crippen LogP contribution in [0, 0.1) is 5.92 Å². The zero-order valence-electron chi connectivity index (χ0n) is 11.0. The molecule has 1 saturated heterocycles. The minimum atomic E-state index is -0.831. The van der Waals surface area contributed by atoms with E-state index < -0.39 is 24.1 Å². The summed E-state index contributed by atoms with van der Waals surface area (Å²) in [6.07, 6.45) is 4.96. The van der Waals surface area contributed by atoms with E-state index in [1.807, 2.05) is 19.1 Å². The molecule has 1 N–H and O–H groups in total. The molecule has 1 aliphatic carbocycles. The number of hydrogen-bond donors (Lipinski definition) is 1. The van der Waals surface area contributed by atoms with Crippen LogP contribution in [0.3, 0.4) is 0 Å². The molecule has 1 aliphatic heterocycles. The summed E-state index contributed by atoms with van der Waals surface area (Å²) >= 11 is 0. The molecule has 1 fully saturated rings. The van der Waals surface area contributed by atoms with Crippen molar-refractivity contribution in [2.24, 2.45) is 5.92 Å². The Hall–Kier alpha value is -1.68. The monoisotopic (exact) mass is 262 g/mol. The summed E-state index contributed by atoms with van der Waals surface area (Å²) in [5.41, 5.74) is 1.92. The van der Waals surface area contributed by atoms with Crippen LogP contribution in [0.1, 0.15) is 26.2 Å². The molecule has 0 saturated carbocycles. The van der Waals surface area contributed by atoms with Crippen molar-refractivity contribution >= 4 is 12.3 Å². The van der Waals surface area contributed by atoms with Gasteiger partial charge >= 0.3 is 5.97 Å². The van der Waals surface area contributed by atoms with Crippen molar-refractivity contribution in [1.29, 1.82) is 0 Å². The number of aldehydes is 1. The molecule has 0 bridgehead atoms. The van der Waals surface area contributed by atoms with Crippen molar-refractivity contribution in [3.63, 3.8) is 0 Å². The van der Waals surface area contributed by atoms with Gasteiger partial charge in [0.2, 0.25) is 0 Å². The van der Waals surface area contributed by atoms with Gasteiger partial charge in [-0.05, 0) is 31.4 Å². The van der Waals surface area contributed by atoms with Gasteiger partial charge in [-0.25, -0.2) is 4.79 Å². The lowest BCUT2D eigenvalue weighted by molar-refractivity contribution is -0.137. The van der Waals surface area contributed by atoms with Gasteiger partial charge in [0.25, 0.3) is 0 Å². The van der Waals surface area contributed by atoms with Gasteiger partial charge in [0.1, 0.15) is 12.4 Å². The molecule has 4 heteroatoms. The van der Waals surface area contributed by atoms with E-state index in [0.717, 1.165) is 24.7 Å². The third kappa shape index (κ3) is 2.84. The number of fused-ring (bicyclic) bond motifs is 1. The van der Waals surface area contributed by atoms with E-state index in [-0.39, 0.29) is 12.0 Å². The molecular weight excluding hydrogens is 244 g/mol. The van der Waals surface area contributed by atoms with E-state index in [2.05, 4.69) is 6.58 Å². The molecule has 3 atom stereocenters. The highest BCUT2D eigenvalue weighted by Gasteiger charge is 2.42. The topological polar surface area (TPSA) is 63.6 Å². The maximum atomic E-state index is 11.6. The van der Waals surface area contributed by atoms with E-state index in [4.69, 9.17) is 4.74 Å². The molecule has 1 heterocycles. The number of rotatable bonds is 1. The first-order valence-electron chi connectivity index (χ1n) is 6.42. The first-order valence-corrected chi connectivity index (χ1v) is 6.42. The molecule has 102 valence electrons. The highest BCUT2D eigenvalue weighted by atomic mass is 16.6. The van der Waals surface area contributed by atoms with Crippen molar-refractivity contribution in [2.75, 3.05) is 0 Å². The Labute approximate surface area is 112 Å². The van der Waals surface area contributed by atoms with Gasteiger partial charge in [0.05, 0.1) is 12.0 Å². The van der Waals surface area contributed by atoms with E-state index in [1.165, 1.54) is 0 Å². The van der Waals surface area contributed by atoms with Crippen LogP contribution in [-0.2, 0) is 14.3 Å². The Morgan fingerprint density at radius 2 is 2.26 bits per heavy atom. The minimum absolute atomic E-state index is 0.229. The lowest BCUT2D eigenvalue weighted by Gasteiger charge is -2.22. The van der Waals surface area contributed by atoms with Crippen LogP contribution in [-0.4, -0.2) is 29.6 Å². The van der Waals surface area contributed by atoms with E-state index >= 15 is 0 Å². The second-order valence-electron chi connectivity index (χ2n) is 5.14. The summed E-state index contributed by atoms with van der Waals surface area (Å²) in [4.78, 5) is 22.6. The Morgan fingerprint density at radius 3 is 2.95 bits per heavy atom. The highest BCUT2D eigenvalue weighted by Crippen LogP contribution is 2.34. The van der Waals surface area contributed by atoms with Gasteiger partial charge in [-0.2, -0.15) is 0 Å². The third-order valence-corrected chi connectivity index (χ3v) is 3.67. The second-order valence-corrected chi connectivity index (χ2v) is 5.14. The number of aliphatic hydroxyl groups is 1. The smallest absolute Gasteiger partial charge is 0.334 e. The fraction of sp³-hybridized carbons (Fsp3) is 0.467. The molecule has 0 amide bonds. The van der Waals surface area contributed by atoms with Crippen LogP contribution in [0.15, 0.2) is 35.5 Å². The number of hydrogen-bond acceptors (Lipinski definition) is 4. The molecule has 4 nitrogen and oxygen atoms in total. The molecule has 2 rings (SSSR count). The number of allylic oxidation sites excluding steroid dienone is 2. The molecule has 0 aromatic carbocycles. The van der Waals surface area contributed by atoms with Crippen molar-refractivity contribution in [2.45, 2.75) is 38.4 Å². The van der Waals surface area contributed by atoms with E-state index in [1.54, 1.807) is 0 Å². The van der Waals surface area contributed by atoms with Crippen molar-refractivity contribution in [3.8, 4) is 0 Å². The number of carbonyl (C=O) groups excluding carboxylic acids is 2. The van der Waals surface area contributed by atoms with Gasteiger partial charge in [-0.3, -0.25) is 4.79 Å². The van der Waals surface area contributed by atoms with Crippen LogP contribution in [0.5, 0.6) is 0 Å². The average molecular weight is 262 g/mol. The number of carbonyl (C=O) groups is 2. The van der Waals surface area contributed by atoms with Gasteiger partial charge in [0, 0.05) is 12.0 Å². The zero-order valence-corrected chi connectivity index (χ0v) is 11.0. The Balaban J connectivity index is 2.34. The molecule has 0 radical (unpaired) electrons. The molecule has 19 heavy (non-hydrogen) atoms. The molecule has 0 unspecified atom stereocenters. The number of ether oxygens (including phenoxy) is 1. The van der Waals surface area contributed by atoms with Crippen LogP contribution in [0.2, 0.25) is 0 Å². The van der Waals surface area contributed by atoms with Crippen LogP contribution in [0.4, 0.5) is 0 Å². The van der Waals surface area contributed by atoms with E-state index in [0.29, 0.717) is 5.57 Å². The quantitative estimate of drug-likeness (QED) is 0.338. The summed E-state index contributed by atoms with van der Waals surface area (Å²) in [5, 5.41) is 10.3. The summed E-state index contributed by atoms with van der Waals surface area (Å²) in [7, 11) is 0. The Morgan fingerprint density at radius 1 is 1.53 bits per heavy atom. The van der Waals surface area contributed by atoms with E-state index in [9.17, 15) is 14.7 Å². The molecular formula is C15H18O4. The standard InChI is InChI=1S/C15H18O4/c1-9-4-3-5-11(8-16)7-12(17)14-10(2)15(18)19-13(14)6-9/h5-6,8,12-14,17H,2-4,7H2,1H3/b9-6+,11-5-/t12-,13-,14-/m1/s1. The maximum Gasteiger partial charge on any atom is 0.334 e. The Bertz CT molecular complexity index is 473. The molecule has 2 aliphatic rings. The SMILES string of the molecule is C=C1C(=O)O[C@@H]2/C=C(\C)CC/C=C(\C=O)C[C@@H](O)[C@@H]12. The van der Waals surface area contributed by atoms with Crippen LogP contribution in [0.25, 0.3) is 0 Å². The first kappa shape index (κ1) is 13.7. The van der Waals surface area contributed by atoms with Gasteiger partial charge in [-0.1, -0.05) is 18.2 Å². The van der Waals surface area contributed by atoms with Crippen molar-refractivity contribution in [1.82, 2.24) is 0 Å². The number of esters is 1. The average Bonchev–Trinajstić information content (AvgIpc) is 2.63. The minimum Gasteiger partial charge on any atom is -0.454 e. The third-order valence-electron chi connectivity index (χ3n) is 3.67. The fourth-order valence-corrected chi connectivity index (χ4v) is 2.59. The van der Waals surface area contributed by atoms with Gasteiger partial charge < -0.3 is 9.84 Å². The van der Waals surface area contributed by atoms with Crippen LogP contribution >= 0.6 is 0 Å². The summed E-state index contributed by atoms with van der Waals surface area (Å²) in [5.74, 6) is -0.933. The normalized spacial score (nSPS) is 37.5. The summed E-state index contributed by atoms with van der Waals surface area (Å²) in [6, 6.07) is 0. The number of aliphatic hydroxyl groups excluding tert-OH is 1. The summed E-state index contributed by atoms with van der Waals surface area (Å²) < 4.78 is 5.24. The lowest BCUT2D eigenvalue weighted by atomic mass is 9.85. The fourth-order valence-electron chi connectivity index (χ4n) is 2.59. The first-order chi connectivity index (χ1) is 9.02. The van der Waals surface area contributed by atoms with Crippen molar-refractivity contribution < 1.29 is 19.4 Å². The summed E-state index contributed by atoms with van der Waals surface area (Å²) in [6.45, 7) is 5.65. The van der Waals surface area contributed by atoms with Gasteiger partial charge in [-0.15, -0.1) is 0 Å². The zero-order chi connectivity index (χ0) is 14.0. The van der Waals surface area contributed by atoms with Crippen molar-refractivity contribution in [3.05, 3.63) is 35.5 Å². The highest BCUT2D eigenvalue weighted by molar-refractivity contribution is 5.91. The molecule has 0 aromatic rings. The largest absolute Gasteiger partial charge is 0.454 e. The predicted molar refractivity (Wildman–Crippen MR) is 70.3 cm³/mol. The van der Waals surface area contributed by atoms with Crippen LogP contribution < -0.4 is 0 Å². The van der Waals surface area contributed by atoms with Gasteiger partial charge in [0.15, 0.2) is 0 Å².